The number of benzene rings is 2. The number of ether oxygens (including phenoxy) is 2. The predicted octanol–water partition coefficient (Wildman–Crippen LogP) is 1.11. The van der Waals surface area contributed by atoms with E-state index in [4.69, 9.17) is 9.47 Å². The number of imide groups is 1. The van der Waals surface area contributed by atoms with E-state index in [0.717, 1.165) is 9.21 Å². The number of sulfonamides is 1. The molecule has 0 aromatic heterocycles. The second-order valence-corrected chi connectivity index (χ2v) is 10.3. The summed E-state index contributed by atoms with van der Waals surface area (Å²) in [7, 11) is -0.894. The van der Waals surface area contributed by atoms with E-state index >= 15 is 0 Å². The van der Waals surface area contributed by atoms with Crippen molar-refractivity contribution in [3.05, 3.63) is 48.0 Å². The number of fused-ring (bicyclic) bond motifs is 1. The van der Waals surface area contributed by atoms with Crippen molar-refractivity contribution in [3.8, 4) is 11.5 Å². The molecule has 2 aliphatic rings. The van der Waals surface area contributed by atoms with Crippen LogP contribution in [-0.2, 0) is 25.2 Å². The fourth-order valence-corrected chi connectivity index (χ4v) is 4.63. The number of anilines is 1. The summed E-state index contributed by atoms with van der Waals surface area (Å²) in [6.07, 6.45) is 0. The maximum absolute atomic E-state index is 13.2. The van der Waals surface area contributed by atoms with Gasteiger partial charge in [-0.15, -0.1) is 0 Å². The molecule has 11 nitrogen and oxygen atoms in total. The van der Waals surface area contributed by atoms with Gasteiger partial charge < -0.3 is 20.1 Å². The lowest BCUT2D eigenvalue weighted by molar-refractivity contribution is -0.133. The monoisotopic (exact) mass is 488 g/mol. The van der Waals surface area contributed by atoms with Gasteiger partial charge in [0.1, 0.15) is 25.3 Å². The lowest BCUT2D eigenvalue weighted by atomic mass is 9.91. The van der Waals surface area contributed by atoms with Crippen LogP contribution in [0.1, 0.15) is 12.5 Å². The molecule has 0 bridgehead atoms. The first-order valence-electron chi connectivity index (χ1n) is 10.4. The van der Waals surface area contributed by atoms with E-state index in [1.165, 1.54) is 38.4 Å². The van der Waals surface area contributed by atoms with Crippen LogP contribution in [0.5, 0.6) is 11.5 Å². The van der Waals surface area contributed by atoms with Crippen molar-refractivity contribution in [3.63, 3.8) is 0 Å². The fourth-order valence-electron chi connectivity index (χ4n) is 3.68. The Kier molecular flexibility index (Phi) is 5.96. The third-order valence-corrected chi connectivity index (χ3v) is 7.40. The quantitative estimate of drug-likeness (QED) is 0.582. The number of rotatable bonds is 6. The largest absolute Gasteiger partial charge is 0.486 e. The van der Waals surface area contributed by atoms with Gasteiger partial charge in [-0.1, -0.05) is 12.1 Å². The van der Waals surface area contributed by atoms with Gasteiger partial charge in [-0.05, 0) is 42.8 Å². The Labute approximate surface area is 196 Å². The Balaban J connectivity index is 1.49. The summed E-state index contributed by atoms with van der Waals surface area (Å²) < 4.78 is 36.8. The van der Waals surface area contributed by atoms with Crippen molar-refractivity contribution in [2.24, 2.45) is 0 Å². The normalized spacial score (nSPS) is 19.8. The molecule has 1 unspecified atom stereocenters. The van der Waals surface area contributed by atoms with Gasteiger partial charge in [0, 0.05) is 19.8 Å². The maximum atomic E-state index is 13.2. The molecule has 0 aliphatic carbocycles. The molecule has 1 saturated heterocycles. The third-order valence-electron chi connectivity index (χ3n) is 5.59. The number of nitrogens with zero attached hydrogens (tertiary/aromatic N) is 2. The zero-order valence-electron chi connectivity index (χ0n) is 18.8. The Morgan fingerprint density at radius 3 is 2.53 bits per heavy atom. The molecule has 4 amide bonds. The minimum atomic E-state index is -3.69. The highest BCUT2D eigenvalue weighted by Gasteiger charge is 2.49. The standard InChI is InChI=1S/C22H24N4O7S/c1-22(14-7-8-17-18(11-14)33-10-9-32-17)20(28)26(21(29)24-22)13-19(27)23-15-5-4-6-16(12-15)34(30,31)25(2)3/h4-8,11-12H,9-10,13H2,1-3H3,(H,23,27)(H,24,29). The Bertz CT molecular complexity index is 1280. The van der Waals surface area contributed by atoms with Crippen molar-refractivity contribution in [1.82, 2.24) is 14.5 Å². The van der Waals surface area contributed by atoms with Crippen LogP contribution in [0.15, 0.2) is 47.4 Å². The van der Waals surface area contributed by atoms with Gasteiger partial charge in [0.25, 0.3) is 5.91 Å². The summed E-state index contributed by atoms with van der Waals surface area (Å²) in [5.41, 5.74) is -0.693. The molecule has 2 aromatic carbocycles. The van der Waals surface area contributed by atoms with Crippen molar-refractivity contribution < 1.29 is 32.3 Å². The Hall–Kier alpha value is -3.64. The van der Waals surface area contributed by atoms with Gasteiger partial charge in [0.2, 0.25) is 15.9 Å². The average Bonchev–Trinajstić information content (AvgIpc) is 3.02. The summed E-state index contributed by atoms with van der Waals surface area (Å²) in [4.78, 5) is 39.2. The van der Waals surface area contributed by atoms with E-state index < -0.39 is 40.0 Å². The zero-order valence-corrected chi connectivity index (χ0v) is 19.6. The van der Waals surface area contributed by atoms with Crippen LogP contribution >= 0.6 is 0 Å². The number of hydrogen-bond acceptors (Lipinski definition) is 7. The van der Waals surface area contributed by atoms with Gasteiger partial charge in [-0.3, -0.25) is 14.5 Å². The first-order valence-corrected chi connectivity index (χ1v) is 11.8. The van der Waals surface area contributed by atoms with Crippen LogP contribution < -0.4 is 20.1 Å². The molecule has 1 fully saturated rings. The second-order valence-electron chi connectivity index (χ2n) is 8.17. The summed E-state index contributed by atoms with van der Waals surface area (Å²) in [6, 6.07) is 9.94. The first-order chi connectivity index (χ1) is 16.0. The van der Waals surface area contributed by atoms with Gasteiger partial charge in [0.15, 0.2) is 11.5 Å². The minimum absolute atomic E-state index is 0.00326. The van der Waals surface area contributed by atoms with E-state index in [-0.39, 0.29) is 10.6 Å². The highest BCUT2D eigenvalue weighted by atomic mass is 32.2. The Morgan fingerprint density at radius 2 is 1.82 bits per heavy atom. The molecular weight excluding hydrogens is 464 g/mol. The molecule has 34 heavy (non-hydrogen) atoms. The van der Waals surface area contributed by atoms with Crippen molar-refractivity contribution in [1.29, 1.82) is 0 Å². The maximum Gasteiger partial charge on any atom is 0.325 e. The van der Waals surface area contributed by atoms with Gasteiger partial charge in [-0.2, -0.15) is 0 Å². The SMILES string of the molecule is CN(C)S(=O)(=O)c1cccc(NC(=O)CN2C(=O)NC(C)(c3ccc4c(c3)OCCO4)C2=O)c1. The lowest BCUT2D eigenvalue weighted by Crippen LogP contribution is -2.42. The molecule has 180 valence electrons. The van der Waals surface area contributed by atoms with Gasteiger partial charge >= 0.3 is 6.03 Å². The number of hydrogen-bond donors (Lipinski definition) is 2. The van der Waals surface area contributed by atoms with Crippen molar-refractivity contribution >= 4 is 33.6 Å². The summed E-state index contributed by atoms with van der Waals surface area (Å²) >= 11 is 0. The molecule has 0 saturated carbocycles. The molecule has 2 aliphatic heterocycles. The molecule has 2 N–H and O–H groups in total. The molecule has 2 heterocycles. The third kappa shape index (κ3) is 4.17. The van der Waals surface area contributed by atoms with Crippen LogP contribution in [0.25, 0.3) is 0 Å². The first kappa shape index (κ1) is 23.5. The van der Waals surface area contributed by atoms with Crippen LogP contribution in [0, 0.1) is 0 Å². The number of urea groups is 1. The fraction of sp³-hybridized carbons (Fsp3) is 0.318. The summed E-state index contributed by atoms with van der Waals surface area (Å²) in [5, 5.41) is 5.18. The van der Waals surface area contributed by atoms with Crippen molar-refractivity contribution in [2.45, 2.75) is 17.4 Å². The lowest BCUT2D eigenvalue weighted by Gasteiger charge is -2.25. The number of nitrogens with one attached hydrogen (secondary N) is 2. The van der Waals surface area contributed by atoms with Crippen molar-refractivity contribution in [2.75, 3.05) is 39.2 Å². The summed E-state index contributed by atoms with van der Waals surface area (Å²) in [5.74, 6) is -0.247. The molecule has 4 rings (SSSR count). The van der Waals surface area contributed by atoms with Crippen LogP contribution in [0.2, 0.25) is 0 Å². The molecule has 0 spiro atoms. The number of carbonyl (C=O) groups is 3. The van der Waals surface area contributed by atoms with E-state index in [0.29, 0.717) is 30.3 Å². The topological polar surface area (TPSA) is 134 Å². The molecule has 12 heteroatoms. The van der Waals surface area contributed by atoms with E-state index in [1.54, 1.807) is 25.1 Å². The molecule has 2 aromatic rings. The molecule has 0 radical (unpaired) electrons. The Morgan fingerprint density at radius 1 is 1.12 bits per heavy atom. The predicted molar refractivity (Wildman–Crippen MR) is 121 cm³/mol. The van der Waals surface area contributed by atoms with Gasteiger partial charge in [0.05, 0.1) is 4.90 Å². The smallest absolute Gasteiger partial charge is 0.325 e. The number of carbonyl (C=O) groups excluding carboxylic acids is 3. The zero-order chi connectivity index (χ0) is 24.7. The van der Waals surface area contributed by atoms with Crippen LogP contribution in [0.3, 0.4) is 0 Å². The van der Waals surface area contributed by atoms with Crippen LogP contribution in [0.4, 0.5) is 10.5 Å². The van der Waals surface area contributed by atoms with Crippen LogP contribution in [-0.4, -0.2) is 69.3 Å². The van der Waals surface area contributed by atoms with E-state index in [2.05, 4.69) is 10.6 Å². The van der Waals surface area contributed by atoms with Gasteiger partial charge in [-0.25, -0.2) is 17.5 Å². The molecular formula is C22H24N4O7S. The highest BCUT2D eigenvalue weighted by Crippen LogP contribution is 2.36. The summed E-state index contributed by atoms with van der Waals surface area (Å²) in [6.45, 7) is 1.80. The molecule has 1 atom stereocenters. The van der Waals surface area contributed by atoms with E-state index in [1.807, 2.05) is 0 Å². The minimum Gasteiger partial charge on any atom is -0.486 e. The number of amides is 4. The average molecular weight is 489 g/mol. The highest BCUT2D eigenvalue weighted by molar-refractivity contribution is 7.89. The second kappa shape index (κ2) is 8.61. The van der Waals surface area contributed by atoms with E-state index in [9.17, 15) is 22.8 Å².